The van der Waals surface area contributed by atoms with E-state index >= 15 is 0 Å². The van der Waals surface area contributed by atoms with E-state index in [2.05, 4.69) is 34.0 Å². The molecule has 0 spiro atoms. The summed E-state index contributed by atoms with van der Waals surface area (Å²) in [5.41, 5.74) is 8.79. The summed E-state index contributed by atoms with van der Waals surface area (Å²) >= 11 is 0. The maximum absolute atomic E-state index is 13.4. The van der Waals surface area contributed by atoms with Gasteiger partial charge in [0.25, 0.3) is 0 Å². The highest BCUT2D eigenvalue weighted by Gasteiger charge is 2.23. The van der Waals surface area contributed by atoms with Gasteiger partial charge >= 0.3 is 0 Å². The number of nitrogens with two attached hydrogens (primary N) is 1. The second kappa shape index (κ2) is 5.87. The predicted molar refractivity (Wildman–Crippen MR) is 92.7 cm³/mol. The van der Waals surface area contributed by atoms with E-state index in [1.165, 1.54) is 6.07 Å². The molecule has 0 fully saturated rings. The lowest BCUT2D eigenvalue weighted by atomic mass is 9.98. The van der Waals surface area contributed by atoms with Gasteiger partial charge in [-0.05, 0) is 43.2 Å². The number of fused-ring (bicyclic) bond motifs is 1. The van der Waals surface area contributed by atoms with Crippen LogP contribution in [0.4, 0.5) is 21.8 Å². The van der Waals surface area contributed by atoms with Crippen molar-refractivity contribution >= 4 is 29.1 Å². The summed E-state index contributed by atoms with van der Waals surface area (Å²) in [6, 6.07) is 5.11. The van der Waals surface area contributed by atoms with Crippen LogP contribution in [0.1, 0.15) is 25.0 Å². The fourth-order valence-corrected chi connectivity index (χ4v) is 2.67. The number of rotatable bonds is 3. The Morgan fingerprint density at radius 2 is 2.13 bits per heavy atom. The Morgan fingerprint density at radius 3 is 2.78 bits per heavy atom. The molecule has 6 heteroatoms. The fraction of sp³-hybridized carbons (Fsp3) is 0.294. The van der Waals surface area contributed by atoms with Gasteiger partial charge in [-0.3, -0.25) is 0 Å². The topological polar surface area (TPSA) is 67.1 Å². The highest BCUT2D eigenvalue weighted by molar-refractivity contribution is 5.90. The van der Waals surface area contributed by atoms with Gasteiger partial charge in [0.1, 0.15) is 11.6 Å². The van der Waals surface area contributed by atoms with Crippen LogP contribution < -0.4 is 16.0 Å². The van der Waals surface area contributed by atoms with Gasteiger partial charge in [0.05, 0.1) is 5.69 Å². The Balaban J connectivity index is 2.09. The second-order valence-corrected chi connectivity index (χ2v) is 5.85. The molecule has 0 atom stereocenters. The molecule has 5 nitrogen and oxygen atoms in total. The summed E-state index contributed by atoms with van der Waals surface area (Å²) in [6.07, 6.45) is 3.84. The van der Waals surface area contributed by atoms with Gasteiger partial charge in [0.15, 0.2) is 0 Å². The largest absolute Gasteiger partial charge is 0.396 e. The maximum Gasteiger partial charge on any atom is 0.224 e. The Morgan fingerprint density at radius 1 is 1.35 bits per heavy atom. The minimum atomic E-state index is -0.395. The van der Waals surface area contributed by atoms with Gasteiger partial charge in [0.2, 0.25) is 5.95 Å². The number of halogens is 1. The smallest absolute Gasteiger partial charge is 0.224 e. The Kier molecular flexibility index (Phi) is 3.90. The van der Waals surface area contributed by atoms with Crippen molar-refractivity contribution < 1.29 is 4.39 Å². The number of anilines is 3. The molecular formula is C17H20FN5. The number of benzene rings is 1. The molecule has 0 amide bonds. The first-order valence-electron chi connectivity index (χ1n) is 7.57. The van der Waals surface area contributed by atoms with Gasteiger partial charge in [-0.2, -0.15) is 4.98 Å². The molecule has 0 aliphatic carbocycles. The number of nitrogen functional groups attached to an aromatic ring is 1. The van der Waals surface area contributed by atoms with E-state index in [1.54, 1.807) is 25.4 Å². The number of aromatic nitrogens is 2. The van der Waals surface area contributed by atoms with Crippen LogP contribution in [-0.4, -0.2) is 29.6 Å². The summed E-state index contributed by atoms with van der Waals surface area (Å²) in [5.74, 6) is 1.10. The molecule has 1 aromatic heterocycles. The molecule has 23 heavy (non-hydrogen) atoms. The zero-order chi connectivity index (χ0) is 16.6. The number of hydrogen-bond donors (Lipinski definition) is 2. The van der Waals surface area contributed by atoms with Gasteiger partial charge in [0, 0.05) is 31.4 Å². The highest BCUT2D eigenvalue weighted by Crippen LogP contribution is 2.33. The van der Waals surface area contributed by atoms with E-state index in [1.807, 2.05) is 6.08 Å². The lowest BCUT2D eigenvalue weighted by Crippen LogP contribution is -2.35. The average molecular weight is 313 g/mol. The first kappa shape index (κ1) is 15.3. The molecule has 0 radical (unpaired) electrons. The van der Waals surface area contributed by atoms with E-state index < -0.39 is 5.82 Å². The van der Waals surface area contributed by atoms with E-state index in [-0.39, 0.29) is 11.7 Å². The Bertz CT molecular complexity index is 770. The van der Waals surface area contributed by atoms with Crippen LogP contribution in [0.3, 0.4) is 0 Å². The van der Waals surface area contributed by atoms with Gasteiger partial charge < -0.3 is 16.0 Å². The molecule has 1 aliphatic heterocycles. The van der Waals surface area contributed by atoms with E-state index in [9.17, 15) is 4.39 Å². The summed E-state index contributed by atoms with van der Waals surface area (Å²) in [7, 11) is 1.80. The van der Waals surface area contributed by atoms with Crippen LogP contribution >= 0.6 is 0 Å². The molecule has 2 heterocycles. The van der Waals surface area contributed by atoms with Crippen molar-refractivity contribution in [3.8, 4) is 0 Å². The lowest BCUT2D eigenvalue weighted by molar-refractivity contribution is 0.632. The van der Waals surface area contributed by atoms with Crippen molar-refractivity contribution in [1.82, 2.24) is 9.97 Å². The lowest BCUT2D eigenvalue weighted by Gasteiger charge is -2.33. The molecule has 0 saturated carbocycles. The molecule has 3 N–H and O–H groups in total. The average Bonchev–Trinajstić information content (AvgIpc) is 2.55. The van der Waals surface area contributed by atoms with E-state index in [0.717, 1.165) is 22.5 Å². The van der Waals surface area contributed by atoms with Crippen LogP contribution in [-0.2, 0) is 0 Å². The molecule has 3 rings (SSSR count). The number of nitrogens with one attached hydrogen (secondary N) is 1. The van der Waals surface area contributed by atoms with Crippen molar-refractivity contribution in [3.63, 3.8) is 0 Å². The summed E-state index contributed by atoms with van der Waals surface area (Å²) < 4.78 is 13.4. The highest BCUT2D eigenvalue weighted by atomic mass is 19.1. The summed E-state index contributed by atoms with van der Waals surface area (Å²) in [6.45, 7) is 4.93. The minimum Gasteiger partial charge on any atom is -0.396 e. The summed E-state index contributed by atoms with van der Waals surface area (Å²) in [4.78, 5) is 11.1. The third-order valence-corrected chi connectivity index (χ3v) is 3.95. The zero-order valence-corrected chi connectivity index (χ0v) is 13.5. The monoisotopic (exact) mass is 313 g/mol. The van der Waals surface area contributed by atoms with Crippen molar-refractivity contribution in [2.24, 2.45) is 0 Å². The van der Waals surface area contributed by atoms with E-state index in [0.29, 0.717) is 12.5 Å². The molecule has 0 bridgehead atoms. The van der Waals surface area contributed by atoms with Gasteiger partial charge in [-0.1, -0.05) is 6.07 Å². The number of hydrogen-bond acceptors (Lipinski definition) is 5. The fourth-order valence-electron chi connectivity index (χ4n) is 2.67. The van der Waals surface area contributed by atoms with Crippen LogP contribution in [0, 0.1) is 5.82 Å². The van der Waals surface area contributed by atoms with Crippen LogP contribution in [0.25, 0.3) is 11.6 Å². The normalized spacial score (nSPS) is 13.8. The van der Waals surface area contributed by atoms with E-state index in [4.69, 9.17) is 5.73 Å². The van der Waals surface area contributed by atoms with Gasteiger partial charge in [-0.25, -0.2) is 9.37 Å². The molecule has 0 unspecified atom stereocenters. The van der Waals surface area contributed by atoms with Crippen molar-refractivity contribution in [2.75, 3.05) is 29.5 Å². The third-order valence-electron chi connectivity index (χ3n) is 3.95. The SMILES string of the molecule is CNc1ncc2c(n1)N(C(C)C)CC(c1ccc(F)c(N)c1)=C2. The van der Waals surface area contributed by atoms with Crippen molar-refractivity contribution in [1.29, 1.82) is 0 Å². The molecule has 2 aromatic rings. The molecule has 0 saturated heterocycles. The van der Waals surface area contributed by atoms with Crippen molar-refractivity contribution in [2.45, 2.75) is 19.9 Å². The second-order valence-electron chi connectivity index (χ2n) is 5.85. The van der Waals surface area contributed by atoms with Crippen molar-refractivity contribution in [3.05, 3.63) is 41.3 Å². The standard InChI is InChI=1S/C17H20FN5/c1-10(2)23-9-13(11-4-5-14(18)15(19)7-11)6-12-8-21-17(20-3)22-16(12)23/h4-8,10H,9,19H2,1-3H3,(H,20,21,22). The summed E-state index contributed by atoms with van der Waals surface area (Å²) in [5, 5.41) is 2.97. The molecule has 1 aromatic carbocycles. The van der Waals surface area contributed by atoms with Crippen LogP contribution in [0.5, 0.6) is 0 Å². The van der Waals surface area contributed by atoms with Gasteiger partial charge in [-0.15, -0.1) is 0 Å². The molecule has 120 valence electrons. The Labute approximate surface area is 135 Å². The Hall–Kier alpha value is -2.63. The zero-order valence-electron chi connectivity index (χ0n) is 13.5. The minimum absolute atomic E-state index is 0.159. The quantitative estimate of drug-likeness (QED) is 0.853. The molecule has 1 aliphatic rings. The molecular weight excluding hydrogens is 293 g/mol. The van der Waals surface area contributed by atoms with Crippen LogP contribution in [0.15, 0.2) is 24.4 Å². The first-order chi connectivity index (χ1) is 11.0. The maximum atomic E-state index is 13.4. The van der Waals surface area contributed by atoms with Crippen LogP contribution in [0.2, 0.25) is 0 Å². The predicted octanol–water partition coefficient (Wildman–Crippen LogP) is 3.01. The first-order valence-corrected chi connectivity index (χ1v) is 7.57. The number of nitrogens with zero attached hydrogens (tertiary/aromatic N) is 3. The third kappa shape index (κ3) is 2.84.